The van der Waals surface area contributed by atoms with E-state index in [1.807, 2.05) is 0 Å². The Balaban J connectivity index is 3.10. The first kappa shape index (κ1) is 9.77. The van der Waals surface area contributed by atoms with Gasteiger partial charge in [-0.25, -0.2) is 8.42 Å². The zero-order valence-corrected chi connectivity index (χ0v) is 7.65. The van der Waals surface area contributed by atoms with E-state index in [1.54, 1.807) is 13.1 Å². The lowest BCUT2D eigenvalue weighted by Crippen LogP contribution is -2.25. The van der Waals surface area contributed by atoms with Gasteiger partial charge in [0, 0.05) is 19.4 Å². The van der Waals surface area contributed by atoms with Gasteiger partial charge >= 0.3 is 0 Å². The molecule has 0 saturated heterocycles. The minimum atomic E-state index is -4.46. The van der Waals surface area contributed by atoms with E-state index in [4.69, 9.17) is 5.26 Å². The Labute approximate surface area is 76.3 Å². The second kappa shape index (κ2) is 3.20. The van der Waals surface area contributed by atoms with Crippen molar-refractivity contribution in [3.05, 3.63) is 24.0 Å². The fraction of sp³-hybridized carbons (Fsp3) is 0.286. The molecule has 0 aromatic rings. The molecule has 0 N–H and O–H groups in total. The van der Waals surface area contributed by atoms with Crippen LogP contribution in [0.25, 0.3) is 0 Å². The fourth-order valence-corrected chi connectivity index (χ4v) is 1.68. The largest absolute Gasteiger partial charge is 0.747 e. The number of hydrogen-bond acceptors (Lipinski definition) is 5. The molecule has 0 radical (unpaired) electrons. The van der Waals surface area contributed by atoms with Gasteiger partial charge in [0.15, 0.2) is 0 Å². The van der Waals surface area contributed by atoms with Gasteiger partial charge in [-0.15, -0.1) is 0 Å². The molecule has 1 atom stereocenters. The molecule has 0 aliphatic carbocycles. The fourth-order valence-electron chi connectivity index (χ4n) is 0.998. The van der Waals surface area contributed by atoms with Crippen LogP contribution in [0.5, 0.6) is 0 Å². The van der Waals surface area contributed by atoms with Crippen LogP contribution in [0.2, 0.25) is 0 Å². The SMILES string of the molecule is CN1C=CC(S(=O)(=O)[O-])C(C#N)=C1. The van der Waals surface area contributed by atoms with E-state index in [0.29, 0.717) is 0 Å². The molecule has 0 aromatic heterocycles. The lowest BCUT2D eigenvalue weighted by molar-refractivity contribution is 0.457. The summed E-state index contributed by atoms with van der Waals surface area (Å²) in [5.41, 5.74) is -0.0556. The van der Waals surface area contributed by atoms with E-state index >= 15 is 0 Å². The summed E-state index contributed by atoms with van der Waals surface area (Å²) < 4.78 is 31.9. The topological polar surface area (TPSA) is 84.2 Å². The predicted octanol–water partition coefficient (Wildman–Crippen LogP) is -0.233. The summed E-state index contributed by atoms with van der Waals surface area (Å²) in [5, 5.41) is 7.22. The molecule has 5 nitrogen and oxygen atoms in total. The van der Waals surface area contributed by atoms with Crippen LogP contribution in [0.1, 0.15) is 0 Å². The first-order valence-electron chi connectivity index (χ1n) is 3.42. The minimum Gasteiger partial charge on any atom is -0.747 e. The normalized spacial score (nSPS) is 22.4. The van der Waals surface area contributed by atoms with Crippen molar-refractivity contribution in [1.29, 1.82) is 5.26 Å². The van der Waals surface area contributed by atoms with E-state index in [2.05, 4.69) is 0 Å². The van der Waals surface area contributed by atoms with Crippen LogP contribution in [0.4, 0.5) is 0 Å². The molecule has 1 unspecified atom stereocenters. The molecular formula is C7H7N2O3S-. The molecule has 0 aromatic carbocycles. The zero-order valence-electron chi connectivity index (χ0n) is 6.84. The van der Waals surface area contributed by atoms with Gasteiger partial charge in [0.05, 0.1) is 11.6 Å². The highest BCUT2D eigenvalue weighted by Gasteiger charge is 2.21. The Hall–Kier alpha value is -1.32. The second-order valence-corrected chi connectivity index (χ2v) is 4.11. The summed E-state index contributed by atoms with van der Waals surface area (Å²) in [5.74, 6) is 0. The Bertz CT molecular complexity index is 402. The number of rotatable bonds is 1. The molecule has 0 spiro atoms. The van der Waals surface area contributed by atoms with Crippen LogP contribution < -0.4 is 0 Å². The number of nitrogens with zero attached hydrogens (tertiary/aromatic N) is 2. The zero-order chi connectivity index (χ0) is 10.1. The first-order valence-corrected chi connectivity index (χ1v) is 4.89. The summed E-state index contributed by atoms with van der Waals surface area (Å²) in [6.45, 7) is 0. The van der Waals surface area contributed by atoms with Crippen LogP contribution >= 0.6 is 0 Å². The van der Waals surface area contributed by atoms with Gasteiger partial charge in [-0.1, -0.05) is 0 Å². The minimum absolute atomic E-state index is 0.0556. The summed E-state index contributed by atoms with van der Waals surface area (Å²) in [4.78, 5) is 1.51. The number of nitriles is 1. The molecule has 0 fully saturated rings. The Kier molecular flexibility index (Phi) is 2.40. The Morgan fingerprint density at radius 2 is 2.31 bits per heavy atom. The van der Waals surface area contributed by atoms with Gasteiger partial charge in [0.1, 0.15) is 15.4 Å². The van der Waals surface area contributed by atoms with E-state index in [-0.39, 0.29) is 5.57 Å². The van der Waals surface area contributed by atoms with Gasteiger partial charge in [-0.2, -0.15) is 5.26 Å². The highest BCUT2D eigenvalue weighted by atomic mass is 32.2. The maximum atomic E-state index is 10.6. The molecule has 1 rings (SSSR count). The van der Waals surface area contributed by atoms with Gasteiger partial charge in [0.25, 0.3) is 0 Å². The maximum Gasteiger partial charge on any atom is 0.106 e. The van der Waals surface area contributed by atoms with Crippen molar-refractivity contribution >= 4 is 10.1 Å². The molecule has 1 aliphatic rings. The summed E-state index contributed by atoms with van der Waals surface area (Å²) in [7, 11) is -2.82. The highest BCUT2D eigenvalue weighted by Crippen LogP contribution is 2.17. The average Bonchev–Trinajstić information content (AvgIpc) is 2.01. The van der Waals surface area contributed by atoms with Crippen molar-refractivity contribution in [2.24, 2.45) is 0 Å². The van der Waals surface area contributed by atoms with Crippen molar-refractivity contribution in [2.75, 3.05) is 7.05 Å². The summed E-state index contributed by atoms with van der Waals surface area (Å²) in [6.07, 6.45) is 3.95. The van der Waals surface area contributed by atoms with Crippen molar-refractivity contribution in [1.82, 2.24) is 4.90 Å². The molecule has 0 saturated carbocycles. The molecule has 1 aliphatic heterocycles. The van der Waals surface area contributed by atoms with Crippen molar-refractivity contribution < 1.29 is 13.0 Å². The third-order valence-electron chi connectivity index (χ3n) is 1.59. The first-order chi connectivity index (χ1) is 5.95. The standard InChI is InChI=1S/C7H8N2O3S/c1-9-3-2-7(13(10,11)12)6(4-8)5-9/h2-3,5,7H,1H3,(H,10,11,12)/p-1. The Morgan fingerprint density at radius 3 is 2.77 bits per heavy atom. The third-order valence-corrected chi connectivity index (χ3v) is 2.62. The monoisotopic (exact) mass is 199 g/mol. The van der Waals surface area contributed by atoms with E-state index in [1.165, 1.54) is 23.4 Å². The van der Waals surface area contributed by atoms with Gasteiger partial charge in [-0.3, -0.25) is 0 Å². The quantitative estimate of drug-likeness (QED) is 0.544. The molecule has 13 heavy (non-hydrogen) atoms. The average molecular weight is 199 g/mol. The Morgan fingerprint density at radius 1 is 1.69 bits per heavy atom. The van der Waals surface area contributed by atoms with E-state index in [9.17, 15) is 13.0 Å². The lowest BCUT2D eigenvalue weighted by Gasteiger charge is -2.22. The van der Waals surface area contributed by atoms with Crippen LogP contribution in [0, 0.1) is 11.3 Å². The van der Waals surface area contributed by atoms with Crippen LogP contribution in [-0.4, -0.2) is 30.2 Å². The van der Waals surface area contributed by atoms with Crippen molar-refractivity contribution in [3.8, 4) is 6.07 Å². The lowest BCUT2D eigenvalue weighted by atomic mass is 10.2. The maximum absolute atomic E-state index is 10.6. The van der Waals surface area contributed by atoms with Crippen LogP contribution in [0.3, 0.4) is 0 Å². The molecule has 0 amide bonds. The predicted molar refractivity (Wildman–Crippen MR) is 44.1 cm³/mol. The highest BCUT2D eigenvalue weighted by molar-refractivity contribution is 7.86. The van der Waals surface area contributed by atoms with Crippen LogP contribution in [-0.2, 0) is 10.1 Å². The van der Waals surface area contributed by atoms with Crippen LogP contribution in [0.15, 0.2) is 24.0 Å². The second-order valence-electron chi connectivity index (χ2n) is 2.62. The number of hydrogen-bond donors (Lipinski definition) is 0. The molecule has 0 bridgehead atoms. The molecule has 6 heteroatoms. The van der Waals surface area contributed by atoms with Gasteiger partial charge in [0.2, 0.25) is 0 Å². The smallest absolute Gasteiger partial charge is 0.106 e. The van der Waals surface area contributed by atoms with E-state index in [0.717, 1.165) is 0 Å². The third kappa shape index (κ3) is 2.08. The summed E-state index contributed by atoms with van der Waals surface area (Å²) >= 11 is 0. The van der Waals surface area contributed by atoms with E-state index < -0.39 is 15.4 Å². The van der Waals surface area contributed by atoms with Crippen molar-refractivity contribution in [2.45, 2.75) is 5.25 Å². The van der Waals surface area contributed by atoms with Crippen molar-refractivity contribution in [3.63, 3.8) is 0 Å². The molecular weight excluding hydrogens is 192 g/mol. The summed E-state index contributed by atoms with van der Waals surface area (Å²) in [6, 6.07) is 1.68. The van der Waals surface area contributed by atoms with Gasteiger partial charge < -0.3 is 9.45 Å². The van der Waals surface area contributed by atoms with Gasteiger partial charge in [-0.05, 0) is 6.08 Å². The molecule has 70 valence electrons. The molecule has 1 heterocycles.